The van der Waals surface area contributed by atoms with E-state index in [1.807, 2.05) is 6.08 Å². The summed E-state index contributed by atoms with van der Waals surface area (Å²) in [5, 5.41) is 0. The summed E-state index contributed by atoms with van der Waals surface area (Å²) in [4.78, 5) is 10.1. The van der Waals surface area contributed by atoms with Gasteiger partial charge in [0.15, 0.2) is 0 Å². The Hall–Kier alpha value is -0.300. The van der Waals surface area contributed by atoms with Crippen LogP contribution >= 0.6 is 11.6 Å². The van der Waals surface area contributed by atoms with Crippen molar-refractivity contribution in [2.24, 2.45) is 5.92 Å². The largest absolute Gasteiger partial charge is 0.303 e. The first kappa shape index (κ1) is 10.7. The second-order valence-corrected chi connectivity index (χ2v) is 3.02. The quantitative estimate of drug-likeness (QED) is 0.344. The highest BCUT2D eigenvalue weighted by Crippen LogP contribution is 2.08. The molecule has 0 spiro atoms. The van der Waals surface area contributed by atoms with E-state index in [9.17, 15) is 4.79 Å². The summed E-state index contributed by atoms with van der Waals surface area (Å²) in [5.74, 6) is 1.09. The number of hydrogen-bond acceptors (Lipinski definition) is 1. The SMILES string of the molecule is C[C@@H](CC=O)CC/C=C/CCl. The van der Waals surface area contributed by atoms with Gasteiger partial charge in [0.25, 0.3) is 0 Å². The average molecular weight is 175 g/mol. The minimum Gasteiger partial charge on any atom is -0.303 e. The monoisotopic (exact) mass is 174 g/mol. The molecule has 0 aromatic carbocycles. The minimum atomic E-state index is 0.507. The van der Waals surface area contributed by atoms with Gasteiger partial charge in [-0.15, -0.1) is 11.6 Å². The molecular weight excluding hydrogens is 160 g/mol. The molecular formula is C9H15ClO. The third-order valence-corrected chi connectivity index (χ3v) is 1.76. The molecule has 0 unspecified atom stereocenters. The van der Waals surface area contributed by atoms with E-state index in [1.54, 1.807) is 0 Å². The molecule has 2 heteroatoms. The van der Waals surface area contributed by atoms with Gasteiger partial charge in [0.05, 0.1) is 0 Å². The van der Waals surface area contributed by atoms with Gasteiger partial charge in [-0.25, -0.2) is 0 Å². The predicted octanol–water partition coefficient (Wildman–Crippen LogP) is 2.79. The Kier molecular flexibility index (Phi) is 7.59. The van der Waals surface area contributed by atoms with E-state index in [2.05, 4.69) is 13.0 Å². The number of halogens is 1. The van der Waals surface area contributed by atoms with Crippen molar-refractivity contribution in [2.45, 2.75) is 26.2 Å². The van der Waals surface area contributed by atoms with Crippen LogP contribution in [0.25, 0.3) is 0 Å². The van der Waals surface area contributed by atoms with Gasteiger partial charge in [0.2, 0.25) is 0 Å². The molecule has 0 aliphatic carbocycles. The van der Waals surface area contributed by atoms with Gasteiger partial charge in [0.1, 0.15) is 6.29 Å². The lowest BCUT2D eigenvalue weighted by Gasteiger charge is -2.02. The molecule has 0 heterocycles. The van der Waals surface area contributed by atoms with E-state index < -0.39 is 0 Å². The van der Waals surface area contributed by atoms with Gasteiger partial charge in [0, 0.05) is 12.3 Å². The Labute approximate surface area is 73.4 Å². The van der Waals surface area contributed by atoms with Crippen LogP contribution in [0.1, 0.15) is 26.2 Å². The van der Waals surface area contributed by atoms with Crippen molar-refractivity contribution in [3.63, 3.8) is 0 Å². The molecule has 11 heavy (non-hydrogen) atoms. The molecule has 0 fully saturated rings. The Morgan fingerprint density at radius 1 is 1.45 bits per heavy atom. The lowest BCUT2D eigenvalue weighted by molar-refractivity contribution is -0.108. The fourth-order valence-corrected chi connectivity index (χ4v) is 0.970. The zero-order valence-electron chi connectivity index (χ0n) is 6.92. The predicted molar refractivity (Wildman–Crippen MR) is 48.9 cm³/mol. The van der Waals surface area contributed by atoms with Crippen molar-refractivity contribution in [3.8, 4) is 0 Å². The van der Waals surface area contributed by atoms with Crippen LogP contribution in [-0.2, 0) is 4.79 Å². The third kappa shape index (κ3) is 7.60. The summed E-state index contributed by atoms with van der Waals surface area (Å²) in [5.41, 5.74) is 0. The van der Waals surface area contributed by atoms with Gasteiger partial charge < -0.3 is 4.79 Å². The van der Waals surface area contributed by atoms with Crippen molar-refractivity contribution in [1.29, 1.82) is 0 Å². The highest BCUT2D eigenvalue weighted by Gasteiger charge is 1.97. The maximum absolute atomic E-state index is 10.1. The summed E-state index contributed by atoms with van der Waals surface area (Å²) in [6.45, 7) is 2.09. The second-order valence-electron chi connectivity index (χ2n) is 2.71. The number of carbonyl (C=O) groups excluding carboxylic acids is 1. The Bertz CT molecular complexity index is 121. The minimum absolute atomic E-state index is 0.507. The molecule has 0 aliphatic rings. The number of rotatable bonds is 6. The van der Waals surface area contributed by atoms with E-state index in [1.165, 1.54) is 0 Å². The highest BCUT2D eigenvalue weighted by molar-refractivity contribution is 6.18. The van der Waals surface area contributed by atoms with Crippen molar-refractivity contribution in [3.05, 3.63) is 12.2 Å². The fraction of sp³-hybridized carbons (Fsp3) is 0.667. The van der Waals surface area contributed by atoms with Crippen LogP contribution in [0.15, 0.2) is 12.2 Å². The van der Waals surface area contributed by atoms with E-state index in [0.717, 1.165) is 19.1 Å². The van der Waals surface area contributed by atoms with Crippen LogP contribution in [0.2, 0.25) is 0 Å². The smallest absolute Gasteiger partial charge is 0.120 e. The number of allylic oxidation sites excluding steroid dienone is 2. The molecule has 0 saturated heterocycles. The summed E-state index contributed by atoms with van der Waals surface area (Å²) in [7, 11) is 0. The van der Waals surface area contributed by atoms with Crippen molar-refractivity contribution in [2.75, 3.05) is 5.88 Å². The van der Waals surface area contributed by atoms with Gasteiger partial charge in [-0.2, -0.15) is 0 Å². The van der Waals surface area contributed by atoms with Gasteiger partial charge in [-0.05, 0) is 18.8 Å². The first-order chi connectivity index (χ1) is 5.31. The molecule has 0 N–H and O–H groups in total. The molecule has 0 aromatic heterocycles. The lowest BCUT2D eigenvalue weighted by Crippen LogP contribution is -1.93. The van der Waals surface area contributed by atoms with Crippen LogP contribution in [0.5, 0.6) is 0 Å². The van der Waals surface area contributed by atoms with Crippen LogP contribution in [0.4, 0.5) is 0 Å². The van der Waals surface area contributed by atoms with Crippen LogP contribution < -0.4 is 0 Å². The molecule has 1 atom stereocenters. The van der Waals surface area contributed by atoms with E-state index in [0.29, 0.717) is 18.2 Å². The maximum Gasteiger partial charge on any atom is 0.120 e. The van der Waals surface area contributed by atoms with Gasteiger partial charge in [-0.1, -0.05) is 19.1 Å². The number of carbonyl (C=O) groups is 1. The molecule has 0 radical (unpaired) electrons. The zero-order valence-corrected chi connectivity index (χ0v) is 7.68. The molecule has 0 bridgehead atoms. The Morgan fingerprint density at radius 2 is 2.18 bits per heavy atom. The van der Waals surface area contributed by atoms with Crippen LogP contribution in [0, 0.1) is 5.92 Å². The number of alkyl halides is 1. The van der Waals surface area contributed by atoms with Gasteiger partial charge in [-0.3, -0.25) is 0 Å². The van der Waals surface area contributed by atoms with Crippen molar-refractivity contribution in [1.82, 2.24) is 0 Å². The third-order valence-electron chi connectivity index (χ3n) is 1.58. The van der Waals surface area contributed by atoms with Crippen molar-refractivity contribution >= 4 is 17.9 Å². The maximum atomic E-state index is 10.1. The molecule has 0 rings (SSSR count). The normalized spacial score (nSPS) is 13.6. The van der Waals surface area contributed by atoms with E-state index in [4.69, 9.17) is 11.6 Å². The van der Waals surface area contributed by atoms with Crippen LogP contribution in [0.3, 0.4) is 0 Å². The summed E-state index contributed by atoms with van der Waals surface area (Å²) < 4.78 is 0. The van der Waals surface area contributed by atoms with E-state index in [-0.39, 0.29) is 0 Å². The topological polar surface area (TPSA) is 17.1 Å². The first-order valence-electron chi connectivity index (χ1n) is 3.95. The van der Waals surface area contributed by atoms with Gasteiger partial charge >= 0.3 is 0 Å². The summed E-state index contributed by atoms with van der Waals surface area (Å²) >= 11 is 5.44. The molecule has 1 nitrogen and oxygen atoms in total. The Morgan fingerprint density at radius 3 is 2.73 bits per heavy atom. The molecule has 0 amide bonds. The zero-order chi connectivity index (χ0) is 8.53. The second kappa shape index (κ2) is 7.80. The summed E-state index contributed by atoms with van der Waals surface area (Å²) in [6, 6.07) is 0. The molecule has 64 valence electrons. The average Bonchev–Trinajstić information content (AvgIpc) is 1.99. The fourth-order valence-electron chi connectivity index (χ4n) is 0.844. The van der Waals surface area contributed by atoms with Crippen LogP contribution in [-0.4, -0.2) is 12.2 Å². The number of aldehydes is 1. The van der Waals surface area contributed by atoms with E-state index >= 15 is 0 Å². The lowest BCUT2D eigenvalue weighted by atomic mass is 10.0. The highest BCUT2D eigenvalue weighted by atomic mass is 35.5. The Balaban J connectivity index is 3.22. The summed E-state index contributed by atoms with van der Waals surface area (Å²) in [6.07, 6.45) is 7.77. The first-order valence-corrected chi connectivity index (χ1v) is 4.49. The van der Waals surface area contributed by atoms with Crippen molar-refractivity contribution < 1.29 is 4.79 Å². The standard InChI is InChI=1S/C9H15ClO/c1-9(6-8-11)5-3-2-4-7-10/h2,4,8-9H,3,5-7H2,1H3/b4-2+/t9-/m1/s1. The molecule has 0 saturated carbocycles. The molecule has 0 aromatic rings. The number of hydrogen-bond donors (Lipinski definition) is 0. The molecule has 0 aliphatic heterocycles.